The van der Waals surface area contributed by atoms with E-state index in [1.807, 2.05) is 0 Å². The predicted octanol–water partition coefficient (Wildman–Crippen LogP) is 3.00. The van der Waals surface area contributed by atoms with Crippen LogP contribution < -0.4 is 5.56 Å². The van der Waals surface area contributed by atoms with Crippen molar-refractivity contribution < 1.29 is 0 Å². The van der Waals surface area contributed by atoms with Crippen LogP contribution in [0.1, 0.15) is 5.82 Å². The molecule has 20 heavy (non-hydrogen) atoms. The number of hydrogen-bond acceptors (Lipinski definition) is 4. The van der Waals surface area contributed by atoms with Gasteiger partial charge in [-0.1, -0.05) is 23.2 Å². The Hall–Kier alpha value is -1.98. The average molecular weight is 307 g/mol. The van der Waals surface area contributed by atoms with Crippen LogP contribution in [0.25, 0.3) is 22.3 Å². The van der Waals surface area contributed by atoms with E-state index < -0.39 is 0 Å². The lowest BCUT2D eigenvalue weighted by Gasteiger charge is -2.07. The monoisotopic (exact) mass is 306 g/mol. The molecule has 0 aliphatic rings. The van der Waals surface area contributed by atoms with Gasteiger partial charge >= 0.3 is 0 Å². The number of aromatic amines is 1. The largest absolute Gasteiger partial charge is 0.309 e. The van der Waals surface area contributed by atoms with Crippen LogP contribution in [-0.4, -0.2) is 19.9 Å². The van der Waals surface area contributed by atoms with Crippen LogP contribution in [0.5, 0.6) is 0 Å². The average Bonchev–Trinajstić information content (AvgIpc) is 2.38. The summed E-state index contributed by atoms with van der Waals surface area (Å²) < 4.78 is 0. The Balaban J connectivity index is 2.39. The zero-order valence-corrected chi connectivity index (χ0v) is 11.8. The molecule has 1 N–H and O–H groups in total. The lowest BCUT2D eigenvalue weighted by molar-refractivity contribution is 1.04. The van der Waals surface area contributed by atoms with Crippen LogP contribution in [0, 0.1) is 6.92 Å². The first-order chi connectivity index (χ1) is 9.56. The molecule has 5 nitrogen and oxygen atoms in total. The molecular weight excluding hydrogens is 299 g/mol. The van der Waals surface area contributed by atoms with Crippen molar-refractivity contribution in [2.75, 3.05) is 0 Å². The molecule has 2 heterocycles. The van der Waals surface area contributed by atoms with Crippen molar-refractivity contribution in [3.8, 4) is 11.3 Å². The Kier molecular flexibility index (Phi) is 3.16. The summed E-state index contributed by atoms with van der Waals surface area (Å²) in [6.45, 7) is 1.70. The van der Waals surface area contributed by atoms with Crippen molar-refractivity contribution >= 4 is 34.2 Å². The molecule has 0 amide bonds. The Morgan fingerprint density at radius 1 is 1.15 bits per heavy atom. The number of nitrogens with zero attached hydrogens (tertiary/aromatic N) is 3. The van der Waals surface area contributed by atoms with Crippen LogP contribution in [0.15, 0.2) is 29.3 Å². The summed E-state index contributed by atoms with van der Waals surface area (Å²) in [6, 6.07) is 5.06. The molecule has 3 rings (SSSR count). The Morgan fingerprint density at radius 2 is 1.95 bits per heavy atom. The summed E-state index contributed by atoms with van der Waals surface area (Å²) >= 11 is 12.1. The summed E-state index contributed by atoms with van der Waals surface area (Å²) in [5.41, 5.74) is 1.50. The van der Waals surface area contributed by atoms with E-state index >= 15 is 0 Å². The summed E-state index contributed by atoms with van der Waals surface area (Å²) in [7, 11) is 0. The summed E-state index contributed by atoms with van der Waals surface area (Å²) in [5.74, 6) is 0.489. The highest BCUT2D eigenvalue weighted by molar-refractivity contribution is 6.36. The highest BCUT2D eigenvalue weighted by Gasteiger charge is 2.13. The van der Waals surface area contributed by atoms with Crippen molar-refractivity contribution in [2.24, 2.45) is 0 Å². The van der Waals surface area contributed by atoms with E-state index in [1.165, 1.54) is 6.33 Å². The smallest absolute Gasteiger partial charge is 0.277 e. The van der Waals surface area contributed by atoms with Gasteiger partial charge in [0.25, 0.3) is 5.56 Å². The fraction of sp³-hybridized carbons (Fsp3) is 0.0769. The van der Waals surface area contributed by atoms with Gasteiger partial charge < -0.3 is 4.98 Å². The Bertz CT molecular complexity index is 876. The minimum atomic E-state index is -0.304. The van der Waals surface area contributed by atoms with E-state index in [0.29, 0.717) is 32.6 Å². The normalized spacial score (nSPS) is 10.9. The minimum Gasteiger partial charge on any atom is -0.309 e. The van der Waals surface area contributed by atoms with Gasteiger partial charge in [-0.25, -0.2) is 15.0 Å². The minimum absolute atomic E-state index is 0.228. The van der Waals surface area contributed by atoms with Crippen molar-refractivity contribution in [3.05, 3.63) is 50.7 Å². The second-order valence-electron chi connectivity index (χ2n) is 4.19. The van der Waals surface area contributed by atoms with Gasteiger partial charge in [0.15, 0.2) is 5.52 Å². The first-order valence-electron chi connectivity index (χ1n) is 5.73. The highest BCUT2D eigenvalue weighted by Crippen LogP contribution is 2.31. The molecule has 1 aromatic carbocycles. The number of aromatic nitrogens is 4. The van der Waals surface area contributed by atoms with Gasteiger partial charge in [0.1, 0.15) is 23.4 Å². The molecule has 100 valence electrons. The highest BCUT2D eigenvalue weighted by atomic mass is 35.5. The molecule has 0 atom stereocenters. The van der Waals surface area contributed by atoms with E-state index in [9.17, 15) is 4.79 Å². The second-order valence-corrected chi connectivity index (χ2v) is 5.04. The van der Waals surface area contributed by atoms with Crippen LogP contribution in [0.3, 0.4) is 0 Å². The summed E-state index contributed by atoms with van der Waals surface area (Å²) in [4.78, 5) is 27.0. The number of hydrogen-bond donors (Lipinski definition) is 1. The standard InChI is InChI=1S/C13H8Cl2N4O/c1-6-18-11-10(8-3-2-7(14)4-9(8)15)16-5-17-12(11)13(20)19-6/h2-5H,1H3,(H,18,19,20). The number of fused-ring (bicyclic) bond motifs is 1. The van der Waals surface area contributed by atoms with Crippen LogP contribution >= 0.6 is 23.2 Å². The number of aryl methyl sites for hydroxylation is 1. The van der Waals surface area contributed by atoms with E-state index in [1.54, 1.807) is 25.1 Å². The molecule has 7 heteroatoms. The van der Waals surface area contributed by atoms with Crippen molar-refractivity contribution in [1.29, 1.82) is 0 Å². The molecule has 0 saturated carbocycles. The molecule has 0 radical (unpaired) electrons. The molecule has 0 aliphatic carbocycles. The van der Waals surface area contributed by atoms with Gasteiger partial charge in [-0.15, -0.1) is 0 Å². The zero-order valence-electron chi connectivity index (χ0n) is 10.3. The van der Waals surface area contributed by atoms with Gasteiger partial charge in [-0.05, 0) is 25.1 Å². The van der Waals surface area contributed by atoms with Gasteiger partial charge in [0.2, 0.25) is 0 Å². The van der Waals surface area contributed by atoms with Crippen LogP contribution in [-0.2, 0) is 0 Å². The Labute approximate surface area is 123 Å². The fourth-order valence-corrected chi connectivity index (χ4v) is 2.45. The molecule has 0 spiro atoms. The topological polar surface area (TPSA) is 71.5 Å². The number of H-pyrrole nitrogens is 1. The summed E-state index contributed by atoms with van der Waals surface area (Å²) in [5, 5.41) is 0.969. The maximum atomic E-state index is 11.9. The van der Waals surface area contributed by atoms with E-state index in [0.717, 1.165) is 0 Å². The lowest BCUT2D eigenvalue weighted by atomic mass is 10.1. The predicted molar refractivity (Wildman–Crippen MR) is 78.1 cm³/mol. The summed E-state index contributed by atoms with van der Waals surface area (Å²) in [6.07, 6.45) is 1.31. The first kappa shape index (κ1) is 13.0. The Morgan fingerprint density at radius 3 is 2.70 bits per heavy atom. The van der Waals surface area contributed by atoms with Crippen LogP contribution in [0.4, 0.5) is 0 Å². The third-order valence-electron chi connectivity index (χ3n) is 2.80. The van der Waals surface area contributed by atoms with Gasteiger partial charge in [-0.2, -0.15) is 0 Å². The number of halogens is 2. The number of nitrogens with one attached hydrogen (secondary N) is 1. The molecule has 2 aromatic heterocycles. The molecule has 0 saturated heterocycles. The molecule has 0 aliphatic heterocycles. The quantitative estimate of drug-likeness (QED) is 0.750. The zero-order chi connectivity index (χ0) is 14.3. The van der Waals surface area contributed by atoms with E-state index in [-0.39, 0.29) is 11.1 Å². The first-order valence-corrected chi connectivity index (χ1v) is 6.49. The number of benzene rings is 1. The molecule has 0 bridgehead atoms. The van der Waals surface area contributed by atoms with Gasteiger partial charge in [0, 0.05) is 10.6 Å². The third-order valence-corrected chi connectivity index (χ3v) is 3.35. The maximum Gasteiger partial charge on any atom is 0.277 e. The van der Waals surface area contributed by atoms with Crippen LogP contribution in [0.2, 0.25) is 10.0 Å². The fourth-order valence-electron chi connectivity index (χ4n) is 1.95. The molecular formula is C13H8Cl2N4O. The second kappa shape index (κ2) is 4.85. The molecule has 3 aromatic rings. The van der Waals surface area contributed by atoms with Gasteiger partial charge in [-0.3, -0.25) is 4.79 Å². The number of rotatable bonds is 1. The van der Waals surface area contributed by atoms with E-state index in [4.69, 9.17) is 23.2 Å². The van der Waals surface area contributed by atoms with Crippen molar-refractivity contribution in [3.63, 3.8) is 0 Å². The third kappa shape index (κ3) is 2.15. The van der Waals surface area contributed by atoms with Crippen molar-refractivity contribution in [2.45, 2.75) is 6.92 Å². The molecule has 0 unspecified atom stereocenters. The van der Waals surface area contributed by atoms with Crippen molar-refractivity contribution in [1.82, 2.24) is 19.9 Å². The lowest BCUT2D eigenvalue weighted by Crippen LogP contribution is -2.12. The molecule has 0 fully saturated rings. The van der Waals surface area contributed by atoms with E-state index in [2.05, 4.69) is 19.9 Å². The maximum absolute atomic E-state index is 11.9. The van der Waals surface area contributed by atoms with Gasteiger partial charge in [0.05, 0.1) is 5.02 Å². The SMILES string of the molecule is Cc1nc2c(-c3ccc(Cl)cc3Cl)ncnc2c(=O)[nH]1.